The first kappa shape index (κ1) is 19.9. The minimum absolute atomic E-state index is 0.102. The highest BCUT2D eigenvalue weighted by Gasteiger charge is 2.38. The maximum absolute atomic E-state index is 13.0. The number of non-ortho nitro benzene ring substituents is 1. The number of anilines is 1. The van der Waals surface area contributed by atoms with Crippen molar-refractivity contribution in [3.8, 4) is 0 Å². The van der Waals surface area contributed by atoms with Crippen LogP contribution in [0.2, 0.25) is 0 Å². The van der Waals surface area contributed by atoms with Gasteiger partial charge in [-0.25, -0.2) is 4.79 Å². The number of carboxylic acid groups (broad SMARTS) is 1. The maximum atomic E-state index is 13.0. The van der Waals surface area contributed by atoms with Gasteiger partial charge in [0.15, 0.2) is 0 Å². The smallest absolute Gasteiger partial charge is 0.408 e. The lowest BCUT2D eigenvalue weighted by atomic mass is 9.97. The molecular formula is C19H21N3O5. The molecule has 2 amide bonds. The van der Waals surface area contributed by atoms with Crippen LogP contribution in [-0.4, -0.2) is 32.5 Å². The van der Waals surface area contributed by atoms with Crippen LogP contribution in [0.4, 0.5) is 16.2 Å². The van der Waals surface area contributed by atoms with E-state index in [9.17, 15) is 24.8 Å². The molecule has 142 valence electrons. The number of hydrogen-bond acceptors (Lipinski definition) is 4. The molecule has 2 rings (SSSR count). The Bertz CT molecular complexity index is 829. The van der Waals surface area contributed by atoms with Crippen LogP contribution in [0.5, 0.6) is 0 Å². The van der Waals surface area contributed by atoms with Crippen LogP contribution < -0.4 is 5.32 Å². The average molecular weight is 371 g/mol. The molecule has 0 aliphatic carbocycles. The van der Waals surface area contributed by atoms with E-state index in [0.717, 1.165) is 4.90 Å². The third kappa shape index (κ3) is 4.81. The number of nitro benzene ring substituents is 1. The van der Waals surface area contributed by atoms with E-state index in [1.54, 1.807) is 51.1 Å². The van der Waals surface area contributed by atoms with Crippen LogP contribution in [0.3, 0.4) is 0 Å². The summed E-state index contributed by atoms with van der Waals surface area (Å²) in [5.74, 6) is -0.549. The summed E-state index contributed by atoms with van der Waals surface area (Å²) in [5.41, 5.74) is -0.0754. The van der Waals surface area contributed by atoms with E-state index in [4.69, 9.17) is 0 Å². The van der Waals surface area contributed by atoms with E-state index in [1.165, 1.54) is 24.3 Å². The number of rotatable bonds is 5. The van der Waals surface area contributed by atoms with Gasteiger partial charge in [0.1, 0.15) is 6.04 Å². The third-order valence-corrected chi connectivity index (χ3v) is 3.90. The van der Waals surface area contributed by atoms with Crippen molar-refractivity contribution >= 4 is 23.4 Å². The summed E-state index contributed by atoms with van der Waals surface area (Å²) >= 11 is 0. The Labute approximate surface area is 156 Å². The second-order valence-corrected chi connectivity index (χ2v) is 6.93. The van der Waals surface area contributed by atoms with Gasteiger partial charge in [-0.3, -0.25) is 19.8 Å². The van der Waals surface area contributed by atoms with Crippen molar-refractivity contribution in [1.29, 1.82) is 0 Å². The molecular weight excluding hydrogens is 350 g/mol. The molecule has 27 heavy (non-hydrogen) atoms. The Hall–Kier alpha value is -3.42. The van der Waals surface area contributed by atoms with Crippen LogP contribution in [0.1, 0.15) is 32.4 Å². The Kier molecular flexibility index (Phi) is 5.79. The molecule has 0 aliphatic rings. The largest absolute Gasteiger partial charge is 0.465 e. The van der Waals surface area contributed by atoms with E-state index in [-0.39, 0.29) is 5.69 Å². The molecule has 2 N–H and O–H groups in total. The van der Waals surface area contributed by atoms with Crippen LogP contribution in [-0.2, 0) is 4.79 Å². The van der Waals surface area contributed by atoms with Gasteiger partial charge in [-0.05, 0) is 38.5 Å². The molecule has 0 aliphatic heterocycles. The van der Waals surface area contributed by atoms with Crippen molar-refractivity contribution < 1.29 is 19.6 Å². The molecule has 0 heterocycles. The number of benzene rings is 2. The lowest BCUT2D eigenvalue weighted by Crippen LogP contribution is -2.50. The Balaban J connectivity index is 2.39. The number of amides is 2. The van der Waals surface area contributed by atoms with Gasteiger partial charge in [-0.15, -0.1) is 0 Å². The molecule has 0 aromatic heterocycles. The highest BCUT2D eigenvalue weighted by molar-refractivity contribution is 5.97. The molecule has 8 heteroatoms. The predicted molar refractivity (Wildman–Crippen MR) is 101 cm³/mol. The SMILES string of the molecule is CC(C)(C)N(C(=O)O)C(C(=O)Nc1ccc([N+](=O)[O-])cc1)c1ccccc1. The number of nitro groups is 1. The molecule has 2 aromatic rings. The first-order valence-electron chi connectivity index (χ1n) is 8.24. The molecule has 1 unspecified atom stereocenters. The van der Waals surface area contributed by atoms with E-state index < -0.39 is 28.5 Å². The minimum Gasteiger partial charge on any atom is -0.465 e. The molecule has 2 aromatic carbocycles. The molecule has 8 nitrogen and oxygen atoms in total. The second-order valence-electron chi connectivity index (χ2n) is 6.93. The zero-order chi connectivity index (χ0) is 20.2. The summed E-state index contributed by atoms with van der Waals surface area (Å²) < 4.78 is 0. The summed E-state index contributed by atoms with van der Waals surface area (Å²) in [7, 11) is 0. The van der Waals surface area contributed by atoms with Crippen molar-refractivity contribution in [2.24, 2.45) is 0 Å². The Morgan fingerprint density at radius 3 is 2.07 bits per heavy atom. The van der Waals surface area contributed by atoms with E-state index in [2.05, 4.69) is 5.32 Å². The lowest BCUT2D eigenvalue weighted by Gasteiger charge is -2.39. The summed E-state index contributed by atoms with van der Waals surface area (Å²) in [6.45, 7) is 5.11. The summed E-state index contributed by atoms with van der Waals surface area (Å²) in [6, 6.07) is 12.9. The fraction of sp³-hybridized carbons (Fsp3) is 0.263. The zero-order valence-electron chi connectivity index (χ0n) is 15.2. The molecule has 0 fully saturated rings. The topological polar surface area (TPSA) is 113 Å². The van der Waals surface area contributed by atoms with Gasteiger partial charge < -0.3 is 10.4 Å². The van der Waals surface area contributed by atoms with Gasteiger partial charge in [0.25, 0.3) is 11.6 Å². The highest BCUT2D eigenvalue weighted by Crippen LogP contribution is 2.30. The highest BCUT2D eigenvalue weighted by atomic mass is 16.6. The summed E-state index contributed by atoms with van der Waals surface area (Å²) in [6.07, 6.45) is -1.23. The second kappa shape index (κ2) is 7.86. The number of nitrogens with one attached hydrogen (secondary N) is 1. The number of nitrogens with zero attached hydrogens (tertiary/aromatic N) is 2. The van der Waals surface area contributed by atoms with Crippen molar-refractivity contribution in [3.63, 3.8) is 0 Å². The molecule has 0 saturated heterocycles. The maximum Gasteiger partial charge on any atom is 0.408 e. The van der Waals surface area contributed by atoms with Crippen LogP contribution in [0.25, 0.3) is 0 Å². The van der Waals surface area contributed by atoms with Gasteiger partial charge in [0.2, 0.25) is 0 Å². The molecule has 0 saturated carbocycles. The van der Waals surface area contributed by atoms with Crippen molar-refractivity contribution in [3.05, 3.63) is 70.3 Å². The van der Waals surface area contributed by atoms with Crippen LogP contribution in [0.15, 0.2) is 54.6 Å². The first-order valence-corrected chi connectivity index (χ1v) is 8.24. The molecule has 1 atom stereocenters. The van der Waals surface area contributed by atoms with E-state index in [1.807, 2.05) is 0 Å². The average Bonchev–Trinajstić information content (AvgIpc) is 2.59. The van der Waals surface area contributed by atoms with Crippen molar-refractivity contribution in [2.45, 2.75) is 32.4 Å². The quantitative estimate of drug-likeness (QED) is 0.608. The monoisotopic (exact) mass is 371 g/mol. The van der Waals surface area contributed by atoms with Gasteiger partial charge in [0, 0.05) is 23.4 Å². The number of hydrogen-bond donors (Lipinski definition) is 2. The van der Waals surface area contributed by atoms with Crippen molar-refractivity contribution in [2.75, 3.05) is 5.32 Å². The Morgan fingerprint density at radius 2 is 1.63 bits per heavy atom. The van der Waals surface area contributed by atoms with Gasteiger partial charge >= 0.3 is 6.09 Å². The third-order valence-electron chi connectivity index (χ3n) is 3.90. The van der Waals surface area contributed by atoms with E-state index >= 15 is 0 Å². The van der Waals surface area contributed by atoms with Gasteiger partial charge in [0.05, 0.1) is 4.92 Å². The summed E-state index contributed by atoms with van der Waals surface area (Å²) in [5, 5.41) is 23.1. The first-order chi connectivity index (χ1) is 12.6. The Morgan fingerprint density at radius 1 is 1.07 bits per heavy atom. The fourth-order valence-electron chi connectivity index (χ4n) is 2.71. The number of carbonyl (C=O) groups is 2. The molecule has 0 radical (unpaired) electrons. The normalized spacial score (nSPS) is 12.1. The lowest BCUT2D eigenvalue weighted by molar-refractivity contribution is -0.384. The van der Waals surface area contributed by atoms with Crippen LogP contribution >= 0.6 is 0 Å². The fourth-order valence-corrected chi connectivity index (χ4v) is 2.71. The summed E-state index contributed by atoms with van der Waals surface area (Å²) in [4.78, 5) is 36.2. The van der Waals surface area contributed by atoms with Crippen LogP contribution in [0, 0.1) is 10.1 Å². The van der Waals surface area contributed by atoms with E-state index in [0.29, 0.717) is 11.3 Å². The molecule has 0 bridgehead atoms. The minimum atomic E-state index is -1.23. The van der Waals surface area contributed by atoms with Gasteiger partial charge in [-0.1, -0.05) is 30.3 Å². The zero-order valence-corrected chi connectivity index (χ0v) is 15.2. The van der Waals surface area contributed by atoms with Gasteiger partial charge in [-0.2, -0.15) is 0 Å². The predicted octanol–water partition coefficient (Wildman–Crippen LogP) is 4.05. The van der Waals surface area contributed by atoms with Crippen molar-refractivity contribution in [1.82, 2.24) is 4.90 Å². The standard InChI is InChI=1S/C19H21N3O5/c1-19(2,3)21(18(24)25)16(13-7-5-4-6-8-13)17(23)20-14-9-11-15(12-10-14)22(26)27/h4-12,16H,1-3H3,(H,20,23)(H,24,25). The number of carbonyl (C=O) groups excluding carboxylic acids is 1. The molecule has 0 spiro atoms.